The van der Waals surface area contributed by atoms with Crippen molar-refractivity contribution in [2.24, 2.45) is 0 Å². The number of benzene rings is 2. The van der Waals surface area contributed by atoms with E-state index < -0.39 is 0 Å². The predicted octanol–water partition coefficient (Wildman–Crippen LogP) is 2.98. The van der Waals surface area contributed by atoms with E-state index in [1.807, 2.05) is 30.3 Å². The largest absolute Gasteiger partial charge is 0.497 e. The summed E-state index contributed by atoms with van der Waals surface area (Å²) in [5.74, 6) is 1.75. The van der Waals surface area contributed by atoms with Crippen LogP contribution in [0.15, 0.2) is 54.6 Å². The summed E-state index contributed by atoms with van der Waals surface area (Å²) in [5.41, 5.74) is 2.04. The van der Waals surface area contributed by atoms with Gasteiger partial charge in [0.25, 0.3) is 5.91 Å². The number of hydrogen-bond acceptors (Lipinski definition) is 7. The van der Waals surface area contributed by atoms with Gasteiger partial charge in [-0.15, -0.1) is 10.2 Å². The Morgan fingerprint density at radius 2 is 1.70 bits per heavy atom. The molecule has 0 saturated heterocycles. The highest BCUT2D eigenvalue weighted by Crippen LogP contribution is 2.30. The average molecular weight is 409 g/mol. The number of carbonyl (C=O) groups excluding carboxylic acids is 1. The molecule has 2 aromatic carbocycles. The number of methoxy groups -OCH3 is 3. The maximum atomic E-state index is 12.4. The van der Waals surface area contributed by atoms with Crippen LogP contribution in [0, 0.1) is 0 Å². The fourth-order valence-corrected chi connectivity index (χ4v) is 2.79. The van der Waals surface area contributed by atoms with Crippen LogP contribution >= 0.6 is 0 Å². The number of hydrogen-bond donors (Lipinski definition) is 1. The van der Waals surface area contributed by atoms with E-state index in [2.05, 4.69) is 15.5 Å². The third-order valence-electron chi connectivity index (χ3n) is 4.31. The molecular formula is C22H23N3O5. The van der Waals surface area contributed by atoms with Gasteiger partial charge >= 0.3 is 0 Å². The normalized spacial score (nSPS) is 10.2. The minimum Gasteiger partial charge on any atom is -0.497 e. The molecule has 30 heavy (non-hydrogen) atoms. The van der Waals surface area contributed by atoms with Gasteiger partial charge in [0, 0.05) is 11.6 Å². The first-order valence-corrected chi connectivity index (χ1v) is 9.26. The Bertz CT molecular complexity index is 975. The molecule has 1 N–H and O–H groups in total. The number of para-hydroxylation sites is 1. The van der Waals surface area contributed by atoms with Crippen LogP contribution in [0.3, 0.4) is 0 Å². The molecule has 3 aromatic rings. The molecule has 0 radical (unpaired) electrons. The minimum atomic E-state index is -0.282. The Balaban J connectivity index is 1.51. The van der Waals surface area contributed by atoms with Gasteiger partial charge < -0.3 is 24.3 Å². The zero-order chi connectivity index (χ0) is 21.3. The van der Waals surface area contributed by atoms with Crippen LogP contribution in [-0.2, 0) is 0 Å². The second-order valence-corrected chi connectivity index (χ2v) is 6.13. The first kappa shape index (κ1) is 20.9. The first-order chi connectivity index (χ1) is 14.7. The molecule has 156 valence electrons. The van der Waals surface area contributed by atoms with Gasteiger partial charge in [-0.25, -0.2) is 0 Å². The molecule has 0 saturated carbocycles. The average Bonchev–Trinajstić information content (AvgIpc) is 2.81. The smallest absolute Gasteiger partial charge is 0.255 e. The van der Waals surface area contributed by atoms with Gasteiger partial charge in [0.2, 0.25) is 5.88 Å². The SMILES string of the molecule is COc1ccc(-c2ccc(OCCNC(=O)c3cccc(OC)c3OC)nn2)cc1. The summed E-state index contributed by atoms with van der Waals surface area (Å²) in [4.78, 5) is 12.4. The van der Waals surface area contributed by atoms with E-state index in [1.165, 1.54) is 14.2 Å². The van der Waals surface area contributed by atoms with Crippen LogP contribution in [0.25, 0.3) is 11.3 Å². The second kappa shape index (κ2) is 10.1. The van der Waals surface area contributed by atoms with Crippen molar-refractivity contribution in [3.8, 4) is 34.4 Å². The van der Waals surface area contributed by atoms with Crippen LogP contribution in [0.1, 0.15) is 10.4 Å². The zero-order valence-electron chi connectivity index (χ0n) is 17.0. The molecule has 1 amide bonds. The van der Waals surface area contributed by atoms with Gasteiger partial charge in [0.15, 0.2) is 11.5 Å². The lowest BCUT2D eigenvalue weighted by Gasteiger charge is -2.12. The Morgan fingerprint density at radius 3 is 2.33 bits per heavy atom. The molecule has 1 heterocycles. The summed E-state index contributed by atoms with van der Waals surface area (Å²) in [7, 11) is 4.64. The zero-order valence-corrected chi connectivity index (χ0v) is 17.0. The van der Waals surface area contributed by atoms with Crippen molar-refractivity contribution in [3.63, 3.8) is 0 Å². The number of amides is 1. The maximum Gasteiger partial charge on any atom is 0.255 e. The van der Waals surface area contributed by atoms with Crippen molar-refractivity contribution >= 4 is 5.91 Å². The molecule has 0 aliphatic heterocycles. The van der Waals surface area contributed by atoms with Crippen molar-refractivity contribution in [1.82, 2.24) is 15.5 Å². The molecule has 3 rings (SSSR count). The van der Waals surface area contributed by atoms with E-state index in [0.29, 0.717) is 29.5 Å². The van der Waals surface area contributed by atoms with Crippen molar-refractivity contribution in [3.05, 3.63) is 60.2 Å². The number of carbonyl (C=O) groups is 1. The molecule has 0 fully saturated rings. The molecule has 0 bridgehead atoms. The van der Waals surface area contributed by atoms with Crippen molar-refractivity contribution in [1.29, 1.82) is 0 Å². The molecule has 0 aliphatic rings. The highest BCUT2D eigenvalue weighted by Gasteiger charge is 2.15. The maximum absolute atomic E-state index is 12.4. The number of rotatable bonds is 9. The Kier molecular flexibility index (Phi) is 7.05. The molecular weight excluding hydrogens is 386 g/mol. The van der Waals surface area contributed by atoms with Crippen molar-refractivity contribution in [2.75, 3.05) is 34.5 Å². The molecule has 0 unspecified atom stereocenters. The van der Waals surface area contributed by atoms with Gasteiger partial charge in [0.05, 0.1) is 39.1 Å². The third kappa shape index (κ3) is 4.96. The van der Waals surface area contributed by atoms with E-state index in [-0.39, 0.29) is 12.5 Å². The lowest BCUT2D eigenvalue weighted by Crippen LogP contribution is -2.28. The number of nitrogens with zero attached hydrogens (tertiary/aromatic N) is 2. The first-order valence-electron chi connectivity index (χ1n) is 9.26. The van der Waals surface area contributed by atoms with E-state index in [1.54, 1.807) is 31.4 Å². The molecule has 0 spiro atoms. The van der Waals surface area contributed by atoms with Gasteiger partial charge in [-0.2, -0.15) is 0 Å². The Hall–Kier alpha value is -3.81. The van der Waals surface area contributed by atoms with E-state index in [9.17, 15) is 4.79 Å². The van der Waals surface area contributed by atoms with Crippen LogP contribution < -0.4 is 24.3 Å². The molecule has 1 aromatic heterocycles. The number of ether oxygens (including phenoxy) is 4. The van der Waals surface area contributed by atoms with Crippen molar-refractivity contribution < 1.29 is 23.7 Å². The highest BCUT2D eigenvalue weighted by atomic mass is 16.5. The van der Waals surface area contributed by atoms with E-state index in [4.69, 9.17) is 18.9 Å². The Labute approximate surface area is 174 Å². The van der Waals surface area contributed by atoms with Crippen LogP contribution in [0.4, 0.5) is 0 Å². The lowest BCUT2D eigenvalue weighted by atomic mass is 10.1. The monoisotopic (exact) mass is 409 g/mol. The quantitative estimate of drug-likeness (QED) is 0.543. The van der Waals surface area contributed by atoms with E-state index >= 15 is 0 Å². The number of aromatic nitrogens is 2. The van der Waals surface area contributed by atoms with Crippen LogP contribution in [-0.4, -0.2) is 50.6 Å². The summed E-state index contributed by atoms with van der Waals surface area (Å²) < 4.78 is 21.2. The minimum absolute atomic E-state index is 0.245. The van der Waals surface area contributed by atoms with E-state index in [0.717, 1.165) is 17.0 Å². The van der Waals surface area contributed by atoms with Gasteiger partial charge in [-0.1, -0.05) is 6.07 Å². The number of nitrogens with one attached hydrogen (secondary N) is 1. The van der Waals surface area contributed by atoms with Gasteiger partial charge in [0.1, 0.15) is 12.4 Å². The summed E-state index contributed by atoms with van der Waals surface area (Å²) in [6.45, 7) is 0.537. The van der Waals surface area contributed by atoms with Crippen molar-refractivity contribution in [2.45, 2.75) is 0 Å². The summed E-state index contributed by atoms with van der Waals surface area (Å²) >= 11 is 0. The fraction of sp³-hybridized carbons (Fsp3) is 0.227. The molecule has 8 nitrogen and oxygen atoms in total. The predicted molar refractivity (Wildman–Crippen MR) is 111 cm³/mol. The molecule has 0 atom stereocenters. The standard InChI is InChI=1S/C22H23N3O5/c1-27-16-9-7-15(8-10-16)18-11-12-20(25-24-18)30-14-13-23-22(26)17-5-4-6-19(28-2)21(17)29-3/h4-12H,13-14H2,1-3H3,(H,23,26). The third-order valence-corrected chi connectivity index (χ3v) is 4.31. The lowest BCUT2D eigenvalue weighted by molar-refractivity contribution is 0.0943. The van der Waals surface area contributed by atoms with Crippen LogP contribution in [0.5, 0.6) is 23.1 Å². The Morgan fingerprint density at radius 1 is 0.900 bits per heavy atom. The fourth-order valence-electron chi connectivity index (χ4n) is 2.79. The topological polar surface area (TPSA) is 91.8 Å². The molecule has 8 heteroatoms. The van der Waals surface area contributed by atoms with Gasteiger partial charge in [-0.05, 0) is 42.5 Å². The summed E-state index contributed by atoms with van der Waals surface area (Å²) in [6, 6.07) is 16.2. The summed E-state index contributed by atoms with van der Waals surface area (Å²) in [5, 5.41) is 11.0. The molecule has 0 aliphatic carbocycles. The highest BCUT2D eigenvalue weighted by molar-refractivity contribution is 5.97. The van der Waals surface area contributed by atoms with Gasteiger partial charge in [-0.3, -0.25) is 4.79 Å². The summed E-state index contributed by atoms with van der Waals surface area (Å²) in [6.07, 6.45) is 0. The van der Waals surface area contributed by atoms with Crippen LogP contribution in [0.2, 0.25) is 0 Å². The second-order valence-electron chi connectivity index (χ2n) is 6.13.